The van der Waals surface area contributed by atoms with Crippen LogP contribution >= 0.6 is 39.1 Å². The fraction of sp³-hybridized carbons (Fsp3) is 0.417. The summed E-state index contributed by atoms with van der Waals surface area (Å²) in [4.78, 5) is 27.7. The van der Waals surface area contributed by atoms with E-state index in [4.69, 9.17) is 23.2 Å². The minimum Gasteiger partial charge on any atom is -0.354 e. The fourth-order valence-electron chi connectivity index (χ4n) is 3.27. The fourth-order valence-corrected chi connectivity index (χ4v) is 4.68. The Morgan fingerprint density at radius 3 is 2.26 bits per heavy atom. The van der Waals surface area contributed by atoms with Crippen molar-refractivity contribution in [1.82, 2.24) is 10.2 Å². The highest BCUT2D eigenvalue weighted by molar-refractivity contribution is 9.10. The summed E-state index contributed by atoms with van der Waals surface area (Å²) in [5.41, 5.74) is 1.83. The van der Waals surface area contributed by atoms with Crippen molar-refractivity contribution in [2.24, 2.45) is 5.92 Å². The number of benzene rings is 2. The molecule has 2 aromatic carbocycles. The number of carbonyl (C=O) groups excluding carboxylic acids is 2. The first-order valence-electron chi connectivity index (χ1n) is 11.0. The van der Waals surface area contributed by atoms with Gasteiger partial charge < -0.3 is 10.2 Å². The van der Waals surface area contributed by atoms with Gasteiger partial charge in [0.05, 0.1) is 22.0 Å². The molecule has 35 heavy (non-hydrogen) atoms. The van der Waals surface area contributed by atoms with Crippen LogP contribution in [0.1, 0.15) is 31.9 Å². The Kier molecular flexibility index (Phi) is 10.4. The van der Waals surface area contributed by atoms with Gasteiger partial charge in [0.2, 0.25) is 21.8 Å². The Hall–Kier alpha value is -1.81. The van der Waals surface area contributed by atoms with Crippen LogP contribution in [-0.2, 0) is 26.2 Å². The molecule has 0 saturated heterocycles. The van der Waals surface area contributed by atoms with Gasteiger partial charge in [-0.2, -0.15) is 0 Å². The molecule has 2 rings (SSSR count). The number of amides is 2. The van der Waals surface area contributed by atoms with Crippen LogP contribution in [0, 0.1) is 12.8 Å². The number of rotatable bonds is 10. The van der Waals surface area contributed by atoms with E-state index in [0.29, 0.717) is 27.8 Å². The lowest BCUT2D eigenvalue weighted by Gasteiger charge is -2.31. The lowest BCUT2D eigenvalue weighted by atomic mass is 10.1. The third-order valence-corrected chi connectivity index (χ3v) is 8.07. The van der Waals surface area contributed by atoms with E-state index in [-0.39, 0.29) is 18.4 Å². The molecule has 7 nitrogen and oxygen atoms in total. The summed E-state index contributed by atoms with van der Waals surface area (Å²) in [6.45, 7) is 7.40. The number of sulfonamides is 1. The molecule has 0 fully saturated rings. The first-order valence-corrected chi connectivity index (χ1v) is 14.4. The van der Waals surface area contributed by atoms with E-state index in [1.54, 1.807) is 43.3 Å². The molecule has 192 valence electrons. The second-order valence-corrected chi connectivity index (χ2v) is 12.4. The highest BCUT2D eigenvalue weighted by Crippen LogP contribution is 2.26. The zero-order chi connectivity index (χ0) is 26.5. The molecule has 0 aliphatic heterocycles. The number of aryl methyl sites for hydroxylation is 1. The second kappa shape index (κ2) is 12.4. The van der Waals surface area contributed by atoms with Crippen molar-refractivity contribution in [3.8, 4) is 0 Å². The quantitative estimate of drug-likeness (QED) is 0.411. The highest BCUT2D eigenvalue weighted by Gasteiger charge is 2.30. The summed E-state index contributed by atoms with van der Waals surface area (Å²) in [6.07, 6.45) is 1.04. The maximum atomic E-state index is 13.5. The van der Waals surface area contributed by atoms with E-state index in [1.165, 1.54) is 4.90 Å². The molecule has 0 bridgehead atoms. The van der Waals surface area contributed by atoms with Gasteiger partial charge in [0.1, 0.15) is 12.6 Å². The molecule has 2 aromatic rings. The van der Waals surface area contributed by atoms with Crippen LogP contribution in [0.3, 0.4) is 0 Å². The van der Waals surface area contributed by atoms with Crippen molar-refractivity contribution in [2.75, 3.05) is 23.7 Å². The van der Waals surface area contributed by atoms with Gasteiger partial charge in [0.15, 0.2) is 0 Å². The third kappa shape index (κ3) is 8.37. The number of hydrogen-bond acceptors (Lipinski definition) is 4. The molecule has 2 amide bonds. The number of hydrogen-bond donors (Lipinski definition) is 1. The molecule has 1 atom stereocenters. The Labute approximate surface area is 225 Å². The van der Waals surface area contributed by atoms with Gasteiger partial charge in [-0.1, -0.05) is 59.0 Å². The first-order chi connectivity index (χ1) is 16.2. The van der Waals surface area contributed by atoms with Crippen LogP contribution in [0.5, 0.6) is 0 Å². The monoisotopic (exact) mass is 605 g/mol. The maximum Gasteiger partial charge on any atom is 0.244 e. The molecule has 0 aliphatic carbocycles. The maximum absolute atomic E-state index is 13.5. The normalized spacial score (nSPS) is 12.4. The molecular weight excluding hydrogens is 577 g/mol. The van der Waals surface area contributed by atoms with E-state index >= 15 is 0 Å². The molecule has 0 heterocycles. The van der Waals surface area contributed by atoms with Gasteiger partial charge in [0.25, 0.3) is 0 Å². The van der Waals surface area contributed by atoms with Crippen molar-refractivity contribution in [1.29, 1.82) is 0 Å². The van der Waals surface area contributed by atoms with Crippen molar-refractivity contribution in [3.63, 3.8) is 0 Å². The van der Waals surface area contributed by atoms with Gasteiger partial charge >= 0.3 is 0 Å². The van der Waals surface area contributed by atoms with Crippen molar-refractivity contribution < 1.29 is 18.0 Å². The number of anilines is 1. The molecular formula is C24H30BrCl2N3O4S. The van der Waals surface area contributed by atoms with Gasteiger partial charge in [-0.05, 0) is 61.2 Å². The van der Waals surface area contributed by atoms with E-state index < -0.39 is 28.5 Å². The Bertz CT molecular complexity index is 1190. The Balaban J connectivity index is 2.41. The molecule has 0 spiro atoms. The smallest absolute Gasteiger partial charge is 0.244 e. The average molecular weight is 607 g/mol. The van der Waals surface area contributed by atoms with Crippen molar-refractivity contribution >= 4 is 66.7 Å². The molecule has 11 heteroatoms. The average Bonchev–Trinajstić information content (AvgIpc) is 2.77. The lowest BCUT2D eigenvalue weighted by molar-refractivity contribution is -0.139. The molecule has 0 saturated carbocycles. The zero-order valence-electron chi connectivity index (χ0n) is 20.3. The first kappa shape index (κ1) is 29.4. The summed E-state index contributed by atoms with van der Waals surface area (Å²) in [5.74, 6) is -0.640. The predicted molar refractivity (Wildman–Crippen MR) is 145 cm³/mol. The second-order valence-electron chi connectivity index (χ2n) is 8.79. The molecule has 1 N–H and O–H groups in total. The summed E-state index contributed by atoms with van der Waals surface area (Å²) in [5, 5.41) is 3.52. The summed E-state index contributed by atoms with van der Waals surface area (Å²) >= 11 is 15.6. The summed E-state index contributed by atoms with van der Waals surface area (Å²) in [7, 11) is -3.80. The number of nitrogens with zero attached hydrogens (tertiary/aromatic N) is 2. The molecule has 0 aliphatic rings. The van der Waals surface area contributed by atoms with Crippen LogP contribution in [-0.4, -0.2) is 50.5 Å². The van der Waals surface area contributed by atoms with Crippen LogP contribution in [0.15, 0.2) is 40.9 Å². The van der Waals surface area contributed by atoms with Gasteiger partial charge in [-0.15, -0.1) is 0 Å². The van der Waals surface area contributed by atoms with Crippen molar-refractivity contribution in [2.45, 2.75) is 40.3 Å². The minimum absolute atomic E-state index is 0.0446. The standard InChI is InChI=1S/C24H30BrCl2N3O4S/c1-15(2)12-28-24(32)17(4)29(13-18-6-9-21(26)22(27)11-18)23(31)14-30(35(5,33)34)19-7-8-20(25)16(3)10-19/h6-11,15,17H,12-14H2,1-5H3,(H,28,32). The van der Waals surface area contributed by atoms with E-state index in [1.807, 2.05) is 20.8 Å². The Morgan fingerprint density at radius 1 is 1.06 bits per heavy atom. The van der Waals surface area contributed by atoms with Crippen LogP contribution < -0.4 is 9.62 Å². The summed E-state index contributed by atoms with van der Waals surface area (Å²) < 4.78 is 27.1. The van der Waals surface area contributed by atoms with E-state index in [0.717, 1.165) is 20.6 Å². The zero-order valence-corrected chi connectivity index (χ0v) is 24.2. The number of carbonyl (C=O) groups is 2. The number of halogens is 3. The number of nitrogens with one attached hydrogen (secondary N) is 1. The largest absolute Gasteiger partial charge is 0.354 e. The SMILES string of the molecule is Cc1cc(N(CC(=O)N(Cc2ccc(Cl)c(Cl)c2)C(C)C(=O)NCC(C)C)S(C)(=O)=O)ccc1Br. The van der Waals surface area contributed by atoms with Gasteiger partial charge in [0, 0.05) is 17.6 Å². The molecule has 0 radical (unpaired) electrons. The van der Waals surface area contributed by atoms with E-state index in [9.17, 15) is 18.0 Å². The third-order valence-electron chi connectivity index (χ3n) is 5.30. The van der Waals surface area contributed by atoms with Crippen LogP contribution in [0.4, 0.5) is 5.69 Å². The predicted octanol–water partition coefficient (Wildman–Crippen LogP) is 5.02. The highest BCUT2D eigenvalue weighted by atomic mass is 79.9. The van der Waals surface area contributed by atoms with Gasteiger partial charge in [-0.25, -0.2) is 8.42 Å². The van der Waals surface area contributed by atoms with Crippen molar-refractivity contribution in [3.05, 3.63) is 62.0 Å². The topological polar surface area (TPSA) is 86.8 Å². The lowest BCUT2D eigenvalue weighted by Crippen LogP contribution is -2.51. The minimum atomic E-state index is -3.80. The molecule has 1 unspecified atom stereocenters. The van der Waals surface area contributed by atoms with Crippen LogP contribution in [0.25, 0.3) is 0 Å². The Morgan fingerprint density at radius 2 is 1.71 bits per heavy atom. The molecule has 0 aromatic heterocycles. The van der Waals surface area contributed by atoms with Gasteiger partial charge in [-0.3, -0.25) is 13.9 Å². The van der Waals surface area contributed by atoms with E-state index in [2.05, 4.69) is 21.2 Å². The van der Waals surface area contributed by atoms with Crippen LogP contribution in [0.2, 0.25) is 10.0 Å². The summed E-state index contributed by atoms with van der Waals surface area (Å²) in [6, 6.07) is 9.11.